The molecule has 0 unspecified atom stereocenters. The van der Waals surface area contributed by atoms with Crippen molar-refractivity contribution in [1.82, 2.24) is 30.6 Å². The van der Waals surface area contributed by atoms with Crippen molar-refractivity contribution in [3.05, 3.63) is 135 Å². The molecular formula is C41H39F5N6O5. The number of H-pyrrole nitrogens is 1. The minimum Gasteiger partial charge on any atom is -0.378 e. The van der Waals surface area contributed by atoms with Gasteiger partial charge in [0.05, 0.1) is 36.4 Å². The Kier molecular flexibility index (Phi) is 12.7. The number of aromatic amines is 1. The Bertz CT molecular complexity index is 2320. The van der Waals surface area contributed by atoms with E-state index >= 15 is 0 Å². The Morgan fingerprint density at radius 3 is 2.21 bits per heavy atom. The predicted octanol–water partition coefficient (Wildman–Crippen LogP) is 5.03. The standard InChI is InChI=1S/C41H39F5N6O5/c1-41(45,46)28-6-4-5-26(21-28)27-22-33(43)37(34(44)23-27)39(55)48-12-18-57-17-11-47-24-36(53)51-13-15-52(16-14-51)40(56)31-19-25(9-10-32(31)42)20-35-29-7-2-3-8-30(29)38(54)50-49-35/h2-10,19,21-23,47H,11-18,20,24H2,1H3,(H,48,55)(H,50,54). The molecule has 11 nitrogen and oxygen atoms in total. The first kappa shape index (κ1) is 40.7. The average molecular weight is 791 g/mol. The van der Waals surface area contributed by atoms with Gasteiger partial charge in [0, 0.05) is 63.6 Å². The first-order valence-corrected chi connectivity index (χ1v) is 18.2. The largest absolute Gasteiger partial charge is 0.378 e. The summed E-state index contributed by atoms with van der Waals surface area (Å²) in [6.07, 6.45) is 0.263. The summed E-state index contributed by atoms with van der Waals surface area (Å²) in [6, 6.07) is 18.2. The first-order valence-electron chi connectivity index (χ1n) is 18.2. The van der Waals surface area contributed by atoms with Gasteiger partial charge in [-0.15, -0.1) is 0 Å². The SMILES string of the molecule is CC(F)(F)c1cccc(-c2cc(F)c(C(=O)NCCOCCNCC(=O)N3CCN(C(=O)c4cc(Cc5n[nH]c(=O)c6ccccc56)ccc4F)CC3)c(F)c2)c1. The number of alkyl halides is 2. The van der Waals surface area contributed by atoms with Gasteiger partial charge in [0.1, 0.15) is 23.0 Å². The number of hydrogen-bond donors (Lipinski definition) is 3. The van der Waals surface area contributed by atoms with Crippen LogP contribution in [0.2, 0.25) is 0 Å². The zero-order valence-corrected chi connectivity index (χ0v) is 30.8. The Morgan fingerprint density at radius 2 is 1.49 bits per heavy atom. The molecule has 3 N–H and O–H groups in total. The summed E-state index contributed by atoms with van der Waals surface area (Å²) >= 11 is 0. The highest BCUT2D eigenvalue weighted by molar-refractivity contribution is 5.96. The summed E-state index contributed by atoms with van der Waals surface area (Å²) in [5.74, 6) is -7.81. The molecule has 1 aliphatic rings. The van der Waals surface area contributed by atoms with E-state index < -0.39 is 40.8 Å². The molecule has 298 valence electrons. The smallest absolute Gasteiger partial charge is 0.272 e. The van der Waals surface area contributed by atoms with Gasteiger partial charge >= 0.3 is 0 Å². The monoisotopic (exact) mass is 790 g/mol. The third-order valence-corrected chi connectivity index (χ3v) is 9.53. The van der Waals surface area contributed by atoms with Gasteiger partial charge in [-0.3, -0.25) is 19.2 Å². The number of carbonyl (C=O) groups is 3. The van der Waals surface area contributed by atoms with Gasteiger partial charge in [0.25, 0.3) is 23.3 Å². The van der Waals surface area contributed by atoms with Crippen LogP contribution in [0.5, 0.6) is 0 Å². The fourth-order valence-corrected chi connectivity index (χ4v) is 6.48. The molecular weight excluding hydrogens is 751 g/mol. The summed E-state index contributed by atoms with van der Waals surface area (Å²) in [7, 11) is 0. The number of benzene rings is 4. The van der Waals surface area contributed by atoms with Crippen molar-refractivity contribution < 1.29 is 41.1 Å². The van der Waals surface area contributed by atoms with E-state index in [1.54, 1.807) is 35.2 Å². The molecule has 1 aliphatic heterocycles. The van der Waals surface area contributed by atoms with Crippen LogP contribution in [0.1, 0.15) is 44.5 Å². The van der Waals surface area contributed by atoms with Crippen molar-refractivity contribution in [2.75, 3.05) is 59.0 Å². The molecule has 0 radical (unpaired) electrons. The highest BCUT2D eigenvalue weighted by Gasteiger charge is 2.27. The zero-order chi connectivity index (χ0) is 40.7. The molecule has 0 aliphatic carbocycles. The molecule has 3 amide bonds. The minimum absolute atomic E-state index is 0.00203. The van der Waals surface area contributed by atoms with Crippen molar-refractivity contribution in [3.63, 3.8) is 0 Å². The number of fused-ring (bicyclic) bond motifs is 1. The summed E-state index contributed by atoms with van der Waals surface area (Å²) < 4.78 is 77.3. The minimum atomic E-state index is -3.14. The van der Waals surface area contributed by atoms with Gasteiger partial charge in [-0.1, -0.05) is 42.5 Å². The molecule has 1 fully saturated rings. The van der Waals surface area contributed by atoms with E-state index in [1.807, 2.05) is 0 Å². The van der Waals surface area contributed by atoms with Crippen LogP contribution in [0, 0.1) is 17.5 Å². The van der Waals surface area contributed by atoms with E-state index in [-0.39, 0.29) is 99.2 Å². The van der Waals surface area contributed by atoms with Crippen LogP contribution >= 0.6 is 0 Å². The Labute approximate surface area is 323 Å². The number of hydrogen-bond acceptors (Lipinski definition) is 7. The van der Waals surface area contributed by atoms with Crippen LogP contribution < -0.4 is 16.2 Å². The van der Waals surface area contributed by atoms with E-state index in [1.165, 1.54) is 35.2 Å². The highest BCUT2D eigenvalue weighted by Crippen LogP contribution is 2.32. The number of ether oxygens (including phenoxy) is 1. The predicted molar refractivity (Wildman–Crippen MR) is 201 cm³/mol. The molecule has 0 atom stereocenters. The lowest BCUT2D eigenvalue weighted by Crippen LogP contribution is -2.52. The maximum absolute atomic E-state index is 14.9. The number of carbonyl (C=O) groups excluding carboxylic acids is 3. The van der Waals surface area contributed by atoms with E-state index in [9.17, 15) is 41.1 Å². The summed E-state index contributed by atoms with van der Waals surface area (Å²) in [5, 5.41) is 13.1. The number of nitrogens with zero attached hydrogens (tertiary/aromatic N) is 3. The van der Waals surface area contributed by atoms with Crippen LogP contribution in [-0.4, -0.2) is 96.7 Å². The van der Waals surface area contributed by atoms with E-state index in [0.29, 0.717) is 29.0 Å². The lowest BCUT2D eigenvalue weighted by atomic mass is 9.99. The second-order valence-electron chi connectivity index (χ2n) is 13.5. The van der Waals surface area contributed by atoms with Crippen LogP contribution in [-0.2, 0) is 21.9 Å². The normalized spacial score (nSPS) is 13.2. The molecule has 2 heterocycles. The van der Waals surface area contributed by atoms with Gasteiger partial charge in [-0.05, 0) is 53.1 Å². The van der Waals surface area contributed by atoms with Crippen molar-refractivity contribution in [2.24, 2.45) is 0 Å². The quantitative estimate of drug-likeness (QED) is 0.106. The fourth-order valence-electron chi connectivity index (χ4n) is 6.48. The molecule has 57 heavy (non-hydrogen) atoms. The molecule has 4 aromatic carbocycles. The lowest BCUT2D eigenvalue weighted by Gasteiger charge is -2.35. The van der Waals surface area contributed by atoms with Crippen molar-refractivity contribution in [2.45, 2.75) is 19.3 Å². The Hall–Kier alpha value is -6.00. The number of rotatable bonds is 14. The van der Waals surface area contributed by atoms with Gasteiger partial charge in [0.2, 0.25) is 5.91 Å². The third-order valence-electron chi connectivity index (χ3n) is 9.53. The number of halogens is 5. The summed E-state index contributed by atoms with van der Waals surface area (Å²) in [5.41, 5.74) is -0.151. The second kappa shape index (κ2) is 17.9. The van der Waals surface area contributed by atoms with Crippen molar-refractivity contribution in [3.8, 4) is 11.1 Å². The Morgan fingerprint density at radius 1 is 0.807 bits per heavy atom. The third kappa shape index (κ3) is 9.88. The van der Waals surface area contributed by atoms with Gasteiger partial charge in [-0.25, -0.2) is 27.1 Å². The first-order chi connectivity index (χ1) is 27.3. The maximum atomic E-state index is 14.9. The molecule has 5 aromatic rings. The molecule has 0 bridgehead atoms. The van der Waals surface area contributed by atoms with Crippen molar-refractivity contribution >= 4 is 28.5 Å². The number of amides is 3. The molecule has 1 saturated heterocycles. The number of nitrogens with one attached hydrogen (secondary N) is 3. The molecule has 1 aromatic heterocycles. The highest BCUT2D eigenvalue weighted by atomic mass is 19.3. The summed E-state index contributed by atoms with van der Waals surface area (Å²) in [4.78, 5) is 53.8. The second-order valence-corrected chi connectivity index (χ2v) is 13.5. The van der Waals surface area contributed by atoms with Crippen LogP contribution in [0.15, 0.2) is 83.7 Å². The van der Waals surface area contributed by atoms with Crippen LogP contribution in [0.25, 0.3) is 21.9 Å². The van der Waals surface area contributed by atoms with Gasteiger partial charge < -0.3 is 25.2 Å². The average Bonchev–Trinajstić information content (AvgIpc) is 3.20. The van der Waals surface area contributed by atoms with Crippen molar-refractivity contribution in [1.29, 1.82) is 0 Å². The van der Waals surface area contributed by atoms with Gasteiger partial charge in [0.15, 0.2) is 0 Å². The fraction of sp³-hybridized carbons (Fsp3) is 0.293. The molecule has 6 rings (SSSR count). The van der Waals surface area contributed by atoms with Crippen LogP contribution in [0.4, 0.5) is 22.0 Å². The lowest BCUT2D eigenvalue weighted by molar-refractivity contribution is -0.131. The number of piperazine rings is 1. The number of aromatic nitrogens is 2. The Balaban J connectivity index is 0.890. The van der Waals surface area contributed by atoms with E-state index in [0.717, 1.165) is 18.2 Å². The maximum Gasteiger partial charge on any atom is 0.272 e. The van der Waals surface area contributed by atoms with E-state index in [2.05, 4.69) is 20.8 Å². The topological polar surface area (TPSA) is 137 Å². The molecule has 16 heteroatoms. The van der Waals surface area contributed by atoms with Gasteiger partial charge in [-0.2, -0.15) is 5.10 Å². The zero-order valence-electron chi connectivity index (χ0n) is 30.8. The summed E-state index contributed by atoms with van der Waals surface area (Å²) in [6.45, 7) is 2.05. The van der Waals surface area contributed by atoms with E-state index in [4.69, 9.17) is 4.74 Å². The molecule has 0 saturated carbocycles. The molecule has 0 spiro atoms. The van der Waals surface area contributed by atoms with Crippen LogP contribution in [0.3, 0.4) is 0 Å².